The fourth-order valence-electron chi connectivity index (χ4n) is 3.97. The first-order valence-electron chi connectivity index (χ1n) is 13.4. The van der Waals surface area contributed by atoms with Crippen LogP contribution in [0.15, 0.2) is 30.3 Å². The Labute approximate surface area is 208 Å². The molecule has 6 nitrogen and oxygen atoms in total. The van der Waals surface area contributed by atoms with Crippen LogP contribution >= 0.6 is 7.60 Å². The highest BCUT2D eigenvalue weighted by atomic mass is 31.2. The molecule has 0 saturated carbocycles. The second kappa shape index (κ2) is 19.9. The molecule has 34 heavy (non-hydrogen) atoms. The zero-order chi connectivity index (χ0) is 24.9. The van der Waals surface area contributed by atoms with Crippen LogP contribution in [0.25, 0.3) is 0 Å². The van der Waals surface area contributed by atoms with E-state index in [2.05, 4.69) is 12.2 Å². The molecule has 7 heteroatoms. The van der Waals surface area contributed by atoms with Crippen LogP contribution in [0.2, 0.25) is 0 Å². The van der Waals surface area contributed by atoms with Crippen molar-refractivity contribution in [1.82, 2.24) is 5.32 Å². The van der Waals surface area contributed by atoms with Crippen molar-refractivity contribution in [3.05, 3.63) is 35.9 Å². The molecule has 0 spiro atoms. The molecule has 1 unspecified atom stereocenters. The van der Waals surface area contributed by atoms with Crippen molar-refractivity contribution in [2.75, 3.05) is 19.4 Å². The largest absolute Gasteiger partial charge is 0.445 e. The average Bonchev–Trinajstić information content (AvgIpc) is 2.83. The van der Waals surface area contributed by atoms with E-state index in [0.717, 1.165) is 24.8 Å². The summed E-state index contributed by atoms with van der Waals surface area (Å²) in [4.78, 5) is 12.4. The second-order valence-electron chi connectivity index (χ2n) is 8.83. The molecule has 0 aliphatic rings. The summed E-state index contributed by atoms with van der Waals surface area (Å²) in [5, 5.41) is 2.98. The quantitative estimate of drug-likeness (QED) is 0.137. The molecule has 0 aromatic heterocycles. The van der Waals surface area contributed by atoms with E-state index < -0.39 is 13.7 Å². The molecular weight excluding hydrogens is 449 g/mol. The molecule has 196 valence electrons. The molecule has 0 radical (unpaired) electrons. The Balaban J connectivity index is 2.44. The minimum atomic E-state index is -3.14. The van der Waals surface area contributed by atoms with Gasteiger partial charge in [0, 0.05) is 6.04 Å². The van der Waals surface area contributed by atoms with Gasteiger partial charge in [0.05, 0.1) is 19.4 Å². The van der Waals surface area contributed by atoms with Crippen LogP contribution in [0.5, 0.6) is 0 Å². The lowest BCUT2D eigenvalue weighted by molar-refractivity contribution is 0.134. The fraction of sp³-hybridized carbons (Fsp3) is 0.741. The summed E-state index contributed by atoms with van der Waals surface area (Å²) in [6, 6.07) is 9.50. The zero-order valence-electron chi connectivity index (χ0n) is 21.8. The predicted octanol–water partition coefficient (Wildman–Crippen LogP) is 8.25. The second-order valence-corrected chi connectivity index (χ2v) is 11.0. The first-order chi connectivity index (χ1) is 16.5. The topological polar surface area (TPSA) is 73.9 Å². The third-order valence-electron chi connectivity index (χ3n) is 5.84. The van der Waals surface area contributed by atoms with E-state index in [1.54, 1.807) is 0 Å². The smallest absolute Gasteiger partial charge is 0.407 e. The van der Waals surface area contributed by atoms with Crippen molar-refractivity contribution in [2.24, 2.45) is 0 Å². The lowest BCUT2D eigenvalue weighted by atomic mass is 10.0. The van der Waals surface area contributed by atoms with Crippen LogP contribution in [-0.4, -0.2) is 31.5 Å². The standard InChI is InChI=1S/C27H48NO5P/c1-4-7-8-9-10-11-12-13-14-18-21-26(22-23-34(30,32-5-2)33-6-3)28-27(29)31-24-25-19-16-15-17-20-25/h15-17,19-20,26H,4-14,18,21-24H2,1-3H3,(H,28,29). The first kappa shape index (κ1) is 30.7. The van der Waals surface area contributed by atoms with E-state index in [1.807, 2.05) is 44.2 Å². The number of nitrogens with one attached hydrogen (secondary N) is 1. The first-order valence-corrected chi connectivity index (χ1v) is 15.1. The van der Waals surface area contributed by atoms with E-state index in [4.69, 9.17) is 13.8 Å². The lowest BCUT2D eigenvalue weighted by Gasteiger charge is -2.22. The van der Waals surface area contributed by atoms with E-state index in [-0.39, 0.29) is 18.8 Å². The molecule has 1 aromatic carbocycles. The molecule has 0 heterocycles. The van der Waals surface area contributed by atoms with Gasteiger partial charge in [-0.1, -0.05) is 101 Å². The number of hydrogen-bond donors (Lipinski definition) is 1. The molecule has 1 amide bonds. The van der Waals surface area contributed by atoms with Crippen LogP contribution in [0.3, 0.4) is 0 Å². The highest BCUT2D eigenvalue weighted by Crippen LogP contribution is 2.48. The Kier molecular flexibility index (Phi) is 17.9. The van der Waals surface area contributed by atoms with Crippen molar-refractivity contribution < 1.29 is 23.1 Å². The minimum Gasteiger partial charge on any atom is -0.445 e. The third-order valence-corrected chi connectivity index (χ3v) is 7.95. The number of unbranched alkanes of at least 4 members (excludes halogenated alkanes) is 9. The Morgan fingerprint density at radius 3 is 1.94 bits per heavy atom. The van der Waals surface area contributed by atoms with Gasteiger partial charge in [-0.3, -0.25) is 4.57 Å². The van der Waals surface area contributed by atoms with Gasteiger partial charge in [0.15, 0.2) is 0 Å². The van der Waals surface area contributed by atoms with Gasteiger partial charge in [0.2, 0.25) is 0 Å². The van der Waals surface area contributed by atoms with Gasteiger partial charge in [0.25, 0.3) is 0 Å². The number of alkyl carbamates (subject to hydrolysis) is 1. The van der Waals surface area contributed by atoms with Gasteiger partial charge >= 0.3 is 13.7 Å². The fourth-order valence-corrected chi connectivity index (χ4v) is 5.72. The zero-order valence-corrected chi connectivity index (χ0v) is 22.7. The Hall–Kier alpha value is -1.36. The predicted molar refractivity (Wildman–Crippen MR) is 140 cm³/mol. The molecule has 0 fully saturated rings. The maximum Gasteiger partial charge on any atom is 0.407 e. The molecule has 0 saturated heterocycles. The number of carbonyl (C=O) groups excluding carboxylic acids is 1. The number of ether oxygens (including phenoxy) is 1. The summed E-state index contributed by atoms with van der Waals surface area (Å²) in [6.45, 7) is 6.78. The molecule has 1 atom stereocenters. The van der Waals surface area contributed by atoms with Crippen LogP contribution < -0.4 is 5.32 Å². The number of rotatable bonds is 21. The summed E-state index contributed by atoms with van der Waals surface area (Å²) in [5.74, 6) is 0. The van der Waals surface area contributed by atoms with Crippen molar-refractivity contribution in [2.45, 2.75) is 110 Å². The van der Waals surface area contributed by atoms with Crippen LogP contribution in [0.4, 0.5) is 4.79 Å². The number of benzene rings is 1. The van der Waals surface area contributed by atoms with Gasteiger partial charge < -0.3 is 19.1 Å². The number of carbonyl (C=O) groups is 1. The van der Waals surface area contributed by atoms with E-state index in [0.29, 0.717) is 19.6 Å². The number of amides is 1. The van der Waals surface area contributed by atoms with Gasteiger partial charge in [0.1, 0.15) is 6.61 Å². The molecular formula is C27H48NO5P. The van der Waals surface area contributed by atoms with Crippen molar-refractivity contribution >= 4 is 13.7 Å². The molecule has 1 N–H and O–H groups in total. The maximum absolute atomic E-state index is 12.9. The molecule has 0 bridgehead atoms. The van der Waals surface area contributed by atoms with Crippen molar-refractivity contribution in [3.63, 3.8) is 0 Å². The molecule has 0 aliphatic heterocycles. The van der Waals surface area contributed by atoms with E-state index >= 15 is 0 Å². The third kappa shape index (κ3) is 15.5. The van der Waals surface area contributed by atoms with Gasteiger partial charge in [-0.15, -0.1) is 0 Å². The highest BCUT2D eigenvalue weighted by molar-refractivity contribution is 7.53. The van der Waals surface area contributed by atoms with E-state index in [1.165, 1.54) is 51.4 Å². The summed E-state index contributed by atoms with van der Waals surface area (Å²) >= 11 is 0. The highest BCUT2D eigenvalue weighted by Gasteiger charge is 2.26. The van der Waals surface area contributed by atoms with Crippen LogP contribution in [0, 0.1) is 0 Å². The Morgan fingerprint density at radius 2 is 1.38 bits per heavy atom. The molecule has 0 aliphatic carbocycles. The number of hydrogen-bond acceptors (Lipinski definition) is 5. The minimum absolute atomic E-state index is 0.119. The van der Waals surface area contributed by atoms with Gasteiger partial charge in [-0.25, -0.2) is 4.79 Å². The Morgan fingerprint density at radius 1 is 0.824 bits per heavy atom. The lowest BCUT2D eigenvalue weighted by Crippen LogP contribution is -2.36. The summed E-state index contributed by atoms with van der Waals surface area (Å²) in [6.07, 6.45) is 13.9. The van der Waals surface area contributed by atoms with Crippen molar-refractivity contribution in [1.29, 1.82) is 0 Å². The SMILES string of the molecule is CCCCCCCCCCCCC(CCP(=O)(OCC)OCC)NC(=O)OCc1ccccc1. The average molecular weight is 498 g/mol. The Bertz CT molecular complexity index is 660. The van der Waals surface area contributed by atoms with Gasteiger partial charge in [-0.2, -0.15) is 0 Å². The summed E-state index contributed by atoms with van der Waals surface area (Å²) < 4.78 is 29.1. The maximum atomic E-state index is 12.9. The molecule has 1 rings (SSSR count). The van der Waals surface area contributed by atoms with Gasteiger partial charge in [-0.05, 0) is 32.3 Å². The van der Waals surface area contributed by atoms with Crippen LogP contribution in [-0.2, 0) is 25.0 Å². The monoisotopic (exact) mass is 497 g/mol. The summed E-state index contributed by atoms with van der Waals surface area (Å²) in [5.41, 5.74) is 0.945. The summed E-state index contributed by atoms with van der Waals surface area (Å²) in [7, 11) is -3.14. The van der Waals surface area contributed by atoms with E-state index in [9.17, 15) is 9.36 Å². The normalized spacial score (nSPS) is 12.4. The molecule has 1 aromatic rings. The van der Waals surface area contributed by atoms with Crippen LogP contribution in [0.1, 0.15) is 103 Å². The van der Waals surface area contributed by atoms with Crippen molar-refractivity contribution in [3.8, 4) is 0 Å².